The van der Waals surface area contributed by atoms with Gasteiger partial charge in [-0.25, -0.2) is 9.69 Å². The topological polar surface area (TPSA) is 169 Å². The molecule has 31 heavy (non-hydrogen) atoms. The van der Waals surface area contributed by atoms with Gasteiger partial charge in [0, 0.05) is 12.5 Å². The lowest BCUT2D eigenvalue weighted by Gasteiger charge is -2.14. The van der Waals surface area contributed by atoms with Crippen LogP contribution < -0.4 is 10.6 Å². The average molecular weight is 441 g/mol. The molecule has 11 nitrogen and oxygen atoms in total. The number of nitrogens with two attached hydrogens (primary N) is 1. The second-order valence-electron chi connectivity index (χ2n) is 6.23. The Bertz CT molecular complexity index is 1120. The van der Waals surface area contributed by atoms with Crippen molar-refractivity contribution < 1.29 is 24.4 Å². The highest BCUT2D eigenvalue weighted by molar-refractivity contribution is 8.14. The van der Waals surface area contributed by atoms with Gasteiger partial charge >= 0.3 is 5.97 Å². The van der Waals surface area contributed by atoms with Crippen molar-refractivity contribution in [2.24, 2.45) is 15.9 Å². The Morgan fingerprint density at radius 1 is 1.23 bits per heavy atom. The highest BCUT2D eigenvalue weighted by atomic mass is 32.2. The maximum atomic E-state index is 12.6. The van der Waals surface area contributed by atoms with Crippen LogP contribution in [-0.4, -0.2) is 44.4 Å². The summed E-state index contributed by atoms with van der Waals surface area (Å²) in [4.78, 5) is 47.3. The quantitative estimate of drug-likeness (QED) is 0.225. The molecule has 0 saturated carbocycles. The number of anilines is 1. The van der Waals surface area contributed by atoms with Gasteiger partial charge in [0.15, 0.2) is 5.17 Å². The number of amides is 2. The maximum absolute atomic E-state index is 12.6. The Morgan fingerprint density at radius 2 is 1.90 bits per heavy atom. The van der Waals surface area contributed by atoms with E-state index in [4.69, 9.17) is 10.8 Å². The summed E-state index contributed by atoms with van der Waals surface area (Å²) in [5, 5.41) is 26.5. The molecule has 0 aliphatic carbocycles. The summed E-state index contributed by atoms with van der Waals surface area (Å²) in [6.07, 6.45) is 1.05. The summed E-state index contributed by atoms with van der Waals surface area (Å²) in [5.41, 5.74) is 6.15. The summed E-state index contributed by atoms with van der Waals surface area (Å²) in [6, 6.07) is 11.3. The highest BCUT2D eigenvalue weighted by Gasteiger charge is 2.40. The van der Waals surface area contributed by atoms with Crippen LogP contribution in [0.5, 0.6) is 0 Å². The lowest BCUT2D eigenvalue weighted by Crippen LogP contribution is -2.31. The molecule has 3 N–H and O–H groups in total. The van der Waals surface area contributed by atoms with E-state index in [1.165, 1.54) is 48.7 Å². The fourth-order valence-electron chi connectivity index (χ4n) is 2.80. The number of carbonyl (C=O) groups excluding carboxylic acids is 2. The highest BCUT2D eigenvalue weighted by Crippen LogP contribution is 2.30. The van der Waals surface area contributed by atoms with Crippen molar-refractivity contribution in [3.63, 3.8) is 0 Å². The number of thioether (sulfide) groups is 1. The van der Waals surface area contributed by atoms with E-state index in [0.717, 1.165) is 16.7 Å². The fourth-order valence-corrected chi connectivity index (χ4v) is 3.62. The Kier molecular flexibility index (Phi) is 6.40. The van der Waals surface area contributed by atoms with Gasteiger partial charge in [-0.3, -0.25) is 19.7 Å². The van der Waals surface area contributed by atoms with Gasteiger partial charge in [0.1, 0.15) is 5.25 Å². The second kappa shape index (κ2) is 9.17. The van der Waals surface area contributed by atoms with E-state index in [1.807, 2.05) is 0 Å². The predicted octanol–water partition coefficient (Wildman–Crippen LogP) is 2.01. The molecular weight excluding hydrogens is 426 g/mol. The van der Waals surface area contributed by atoms with Crippen molar-refractivity contribution in [2.75, 3.05) is 4.90 Å². The monoisotopic (exact) mass is 441 g/mol. The van der Waals surface area contributed by atoms with Crippen molar-refractivity contribution in [3.05, 3.63) is 69.8 Å². The molecule has 2 amide bonds. The van der Waals surface area contributed by atoms with Gasteiger partial charge in [0.05, 0.1) is 28.0 Å². The van der Waals surface area contributed by atoms with E-state index in [-0.39, 0.29) is 34.1 Å². The van der Waals surface area contributed by atoms with E-state index in [1.54, 1.807) is 6.07 Å². The van der Waals surface area contributed by atoms with Crippen LogP contribution in [0.15, 0.2) is 58.7 Å². The number of carboxylic acid groups (broad SMARTS) is 1. The zero-order chi connectivity index (χ0) is 22.5. The van der Waals surface area contributed by atoms with Crippen molar-refractivity contribution >= 4 is 52.3 Å². The average Bonchev–Trinajstić information content (AvgIpc) is 3.01. The summed E-state index contributed by atoms with van der Waals surface area (Å²) in [5.74, 6) is -2.09. The van der Waals surface area contributed by atoms with Gasteiger partial charge in [-0.2, -0.15) is 5.10 Å². The standard InChI is InChI=1S/C19H15N5O6S/c20-19(22-21-10-12-3-1-2-4-14(12)24(29)30)31-15-9-16(25)23(17(15)26)13-7-5-11(6-8-13)18(27)28/h1-8,10,15H,9H2,(H2,20,22)(H,27,28)/b21-10+. The number of imide groups is 1. The number of amidine groups is 1. The number of nitrogens with zero attached hydrogens (tertiary/aromatic N) is 4. The molecule has 0 radical (unpaired) electrons. The maximum Gasteiger partial charge on any atom is 0.335 e. The Balaban J connectivity index is 1.69. The molecule has 1 atom stereocenters. The first kappa shape index (κ1) is 21.6. The minimum atomic E-state index is -1.12. The van der Waals surface area contributed by atoms with E-state index in [2.05, 4.69) is 10.2 Å². The molecule has 1 unspecified atom stereocenters. The zero-order valence-corrected chi connectivity index (χ0v) is 16.6. The number of nitro benzene ring substituents is 1. The van der Waals surface area contributed by atoms with E-state index in [9.17, 15) is 24.5 Å². The summed E-state index contributed by atoms with van der Waals surface area (Å²) in [6.45, 7) is 0. The van der Waals surface area contributed by atoms with Gasteiger partial charge in [-0.1, -0.05) is 23.9 Å². The predicted molar refractivity (Wildman–Crippen MR) is 114 cm³/mol. The molecule has 1 aliphatic heterocycles. The molecule has 1 aliphatic rings. The normalized spacial score (nSPS) is 16.8. The molecule has 2 aromatic carbocycles. The number of para-hydroxylation sites is 1. The van der Waals surface area contributed by atoms with E-state index < -0.39 is 28.0 Å². The van der Waals surface area contributed by atoms with Crippen LogP contribution in [0.1, 0.15) is 22.3 Å². The number of nitro groups is 1. The third kappa shape index (κ3) is 4.93. The summed E-state index contributed by atoms with van der Waals surface area (Å²) >= 11 is 0.845. The van der Waals surface area contributed by atoms with Crippen molar-refractivity contribution in [2.45, 2.75) is 11.7 Å². The van der Waals surface area contributed by atoms with Crippen LogP contribution >= 0.6 is 11.8 Å². The van der Waals surface area contributed by atoms with Crippen LogP contribution in [0.25, 0.3) is 0 Å². The first-order chi connectivity index (χ1) is 14.8. The van der Waals surface area contributed by atoms with Crippen LogP contribution in [0.4, 0.5) is 11.4 Å². The Morgan fingerprint density at radius 3 is 2.55 bits per heavy atom. The van der Waals surface area contributed by atoms with Crippen LogP contribution in [0.3, 0.4) is 0 Å². The van der Waals surface area contributed by atoms with Gasteiger partial charge in [-0.15, -0.1) is 5.10 Å². The van der Waals surface area contributed by atoms with Crippen LogP contribution in [-0.2, 0) is 9.59 Å². The van der Waals surface area contributed by atoms with Crippen molar-refractivity contribution in [3.8, 4) is 0 Å². The largest absolute Gasteiger partial charge is 0.478 e. The van der Waals surface area contributed by atoms with Gasteiger partial charge in [-0.05, 0) is 30.3 Å². The summed E-state index contributed by atoms with van der Waals surface area (Å²) < 4.78 is 0. The lowest BCUT2D eigenvalue weighted by atomic mass is 10.2. The number of benzene rings is 2. The molecule has 12 heteroatoms. The van der Waals surface area contributed by atoms with Gasteiger partial charge in [0.2, 0.25) is 11.8 Å². The van der Waals surface area contributed by atoms with Gasteiger partial charge < -0.3 is 10.8 Å². The smallest absolute Gasteiger partial charge is 0.335 e. The number of rotatable bonds is 6. The van der Waals surface area contributed by atoms with Crippen molar-refractivity contribution in [1.82, 2.24) is 0 Å². The van der Waals surface area contributed by atoms with Gasteiger partial charge in [0.25, 0.3) is 5.69 Å². The number of carboxylic acids is 1. The molecule has 3 rings (SSSR count). The molecule has 158 valence electrons. The minimum Gasteiger partial charge on any atom is -0.478 e. The molecule has 1 fully saturated rings. The third-order valence-corrected chi connectivity index (χ3v) is 5.20. The molecular formula is C19H15N5O6S. The SMILES string of the molecule is N/C(=N\N=C\c1ccccc1[N+](=O)[O-])SC1CC(=O)N(c2ccc(C(=O)O)cc2)C1=O. The van der Waals surface area contributed by atoms with E-state index in [0.29, 0.717) is 0 Å². The van der Waals surface area contributed by atoms with Crippen molar-refractivity contribution in [1.29, 1.82) is 0 Å². The molecule has 0 bridgehead atoms. The van der Waals surface area contributed by atoms with E-state index >= 15 is 0 Å². The fraction of sp³-hybridized carbons (Fsp3) is 0.105. The number of aromatic carboxylic acids is 1. The number of carbonyl (C=O) groups is 3. The zero-order valence-electron chi connectivity index (χ0n) is 15.7. The Hall–Kier alpha value is -4.06. The first-order valence-electron chi connectivity index (χ1n) is 8.74. The number of hydrogen-bond donors (Lipinski definition) is 2. The third-order valence-electron chi connectivity index (χ3n) is 4.23. The Labute approximate surface area is 179 Å². The lowest BCUT2D eigenvalue weighted by molar-refractivity contribution is -0.385. The molecule has 2 aromatic rings. The molecule has 1 heterocycles. The summed E-state index contributed by atoms with van der Waals surface area (Å²) in [7, 11) is 0. The van der Waals surface area contributed by atoms with Crippen LogP contribution in [0, 0.1) is 10.1 Å². The van der Waals surface area contributed by atoms with Crippen LogP contribution in [0.2, 0.25) is 0 Å². The molecule has 1 saturated heterocycles. The minimum absolute atomic E-state index is 0.0293. The second-order valence-corrected chi connectivity index (χ2v) is 7.45. The number of hydrogen-bond acceptors (Lipinski definition) is 8. The molecule has 0 spiro atoms. The first-order valence-corrected chi connectivity index (χ1v) is 9.62. The molecule has 0 aromatic heterocycles.